The van der Waals surface area contributed by atoms with E-state index in [4.69, 9.17) is 10.6 Å². The fourth-order valence-electron chi connectivity index (χ4n) is 2.29. The van der Waals surface area contributed by atoms with Crippen molar-refractivity contribution in [2.24, 2.45) is 16.8 Å². The van der Waals surface area contributed by atoms with E-state index in [0.717, 1.165) is 18.8 Å². The smallest absolute Gasteiger partial charge is 0.134 e. The van der Waals surface area contributed by atoms with E-state index in [1.54, 1.807) is 0 Å². The van der Waals surface area contributed by atoms with Crippen molar-refractivity contribution >= 4 is 5.71 Å². The van der Waals surface area contributed by atoms with Crippen molar-refractivity contribution in [3.05, 3.63) is 0 Å². The molecule has 1 aliphatic heterocycles. The summed E-state index contributed by atoms with van der Waals surface area (Å²) in [6.07, 6.45) is 7.62. The highest BCUT2D eigenvalue weighted by Crippen LogP contribution is 2.30. The molecule has 13 heavy (non-hydrogen) atoms. The lowest BCUT2D eigenvalue weighted by Gasteiger charge is -2.07. The van der Waals surface area contributed by atoms with Crippen LogP contribution >= 0.6 is 0 Å². The summed E-state index contributed by atoms with van der Waals surface area (Å²) in [6, 6.07) is 0. The second kappa shape index (κ2) is 4.09. The minimum atomic E-state index is 0.278. The monoisotopic (exact) mass is 182 g/mol. The number of nitrogens with two attached hydrogens (primary N) is 1. The van der Waals surface area contributed by atoms with Crippen LogP contribution in [0, 0.1) is 5.92 Å². The summed E-state index contributed by atoms with van der Waals surface area (Å²) >= 11 is 0. The lowest BCUT2D eigenvalue weighted by atomic mass is 9.97. The Labute approximate surface area is 79.3 Å². The van der Waals surface area contributed by atoms with Gasteiger partial charge in [-0.15, -0.1) is 0 Å². The van der Waals surface area contributed by atoms with E-state index in [1.807, 2.05) is 0 Å². The Morgan fingerprint density at radius 1 is 1.38 bits per heavy atom. The molecule has 1 heterocycles. The second-order valence-electron chi connectivity index (χ2n) is 4.07. The molecule has 3 heteroatoms. The summed E-state index contributed by atoms with van der Waals surface area (Å²) in [4.78, 5) is 5.33. The molecule has 0 spiro atoms. The maximum Gasteiger partial charge on any atom is 0.134 e. The fourth-order valence-corrected chi connectivity index (χ4v) is 2.29. The molecule has 3 nitrogen and oxygen atoms in total. The SMILES string of the molecule is NCCC1CC(C2CCCC2)=NO1. The molecule has 0 amide bonds. The topological polar surface area (TPSA) is 47.6 Å². The molecule has 74 valence electrons. The fraction of sp³-hybridized carbons (Fsp3) is 0.900. The van der Waals surface area contributed by atoms with Gasteiger partial charge in [-0.05, 0) is 25.8 Å². The van der Waals surface area contributed by atoms with E-state index < -0.39 is 0 Å². The molecule has 1 aliphatic carbocycles. The lowest BCUT2D eigenvalue weighted by Crippen LogP contribution is -2.16. The third kappa shape index (κ3) is 2.02. The lowest BCUT2D eigenvalue weighted by molar-refractivity contribution is 0.0809. The van der Waals surface area contributed by atoms with Crippen LogP contribution in [0.3, 0.4) is 0 Å². The summed E-state index contributed by atoms with van der Waals surface area (Å²) < 4.78 is 0. The van der Waals surface area contributed by atoms with Crippen LogP contribution in [0.2, 0.25) is 0 Å². The molecule has 1 atom stereocenters. The molecule has 1 fully saturated rings. The van der Waals surface area contributed by atoms with Gasteiger partial charge in [0.25, 0.3) is 0 Å². The summed E-state index contributed by atoms with van der Waals surface area (Å²) in [5, 5.41) is 4.18. The molecule has 2 rings (SSSR count). The van der Waals surface area contributed by atoms with Crippen LogP contribution in [-0.4, -0.2) is 18.4 Å². The second-order valence-corrected chi connectivity index (χ2v) is 4.07. The van der Waals surface area contributed by atoms with Gasteiger partial charge in [-0.2, -0.15) is 0 Å². The summed E-state index contributed by atoms with van der Waals surface area (Å²) in [7, 11) is 0. The largest absolute Gasteiger partial charge is 0.392 e. The third-order valence-corrected chi connectivity index (χ3v) is 3.07. The average Bonchev–Trinajstić information content (AvgIpc) is 2.70. The van der Waals surface area contributed by atoms with Gasteiger partial charge in [-0.3, -0.25) is 0 Å². The van der Waals surface area contributed by atoms with Gasteiger partial charge in [0.05, 0.1) is 5.71 Å². The van der Waals surface area contributed by atoms with Crippen molar-refractivity contribution in [2.75, 3.05) is 6.54 Å². The normalized spacial score (nSPS) is 29.0. The number of hydrogen-bond acceptors (Lipinski definition) is 3. The summed E-state index contributed by atoms with van der Waals surface area (Å²) in [5.41, 5.74) is 6.78. The Balaban J connectivity index is 1.82. The van der Waals surface area contributed by atoms with E-state index in [-0.39, 0.29) is 6.10 Å². The molecule has 1 unspecified atom stereocenters. The Hall–Kier alpha value is -0.570. The summed E-state index contributed by atoms with van der Waals surface area (Å²) in [5.74, 6) is 0.725. The minimum Gasteiger partial charge on any atom is -0.392 e. The highest BCUT2D eigenvalue weighted by atomic mass is 16.6. The molecular formula is C10H18N2O. The Morgan fingerprint density at radius 2 is 2.15 bits per heavy atom. The van der Waals surface area contributed by atoms with Gasteiger partial charge in [0.1, 0.15) is 6.10 Å². The molecule has 0 aromatic rings. The average molecular weight is 182 g/mol. The van der Waals surface area contributed by atoms with Crippen molar-refractivity contribution in [2.45, 2.75) is 44.6 Å². The first-order valence-electron chi connectivity index (χ1n) is 5.33. The third-order valence-electron chi connectivity index (χ3n) is 3.07. The molecule has 0 aromatic heterocycles. The quantitative estimate of drug-likeness (QED) is 0.721. The maximum absolute atomic E-state index is 5.48. The van der Waals surface area contributed by atoms with Gasteiger partial charge in [0, 0.05) is 12.3 Å². The minimum absolute atomic E-state index is 0.278. The number of nitrogens with zero attached hydrogens (tertiary/aromatic N) is 1. The van der Waals surface area contributed by atoms with E-state index >= 15 is 0 Å². The predicted octanol–water partition coefficient (Wildman–Crippen LogP) is 1.67. The zero-order valence-corrected chi connectivity index (χ0v) is 8.04. The van der Waals surface area contributed by atoms with Crippen molar-refractivity contribution in [1.29, 1.82) is 0 Å². The van der Waals surface area contributed by atoms with Crippen molar-refractivity contribution in [3.8, 4) is 0 Å². The van der Waals surface area contributed by atoms with Crippen LogP contribution in [0.1, 0.15) is 38.5 Å². The van der Waals surface area contributed by atoms with Crippen molar-refractivity contribution in [1.82, 2.24) is 0 Å². The molecule has 1 saturated carbocycles. The molecule has 0 bridgehead atoms. The van der Waals surface area contributed by atoms with Gasteiger partial charge < -0.3 is 10.6 Å². The van der Waals surface area contributed by atoms with Gasteiger partial charge in [0.2, 0.25) is 0 Å². The van der Waals surface area contributed by atoms with Crippen molar-refractivity contribution in [3.63, 3.8) is 0 Å². The summed E-state index contributed by atoms with van der Waals surface area (Å²) in [6.45, 7) is 0.706. The zero-order valence-electron chi connectivity index (χ0n) is 8.04. The van der Waals surface area contributed by atoms with Crippen LogP contribution in [0.15, 0.2) is 5.16 Å². The van der Waals surface area contributed by atoms with E-state index in [2.05, 4.69) is 5.16 Å². The molecule has 2 aliphatic rings. The van der Waals surface area contributed by atoms with Crippen LogP contribution in [0.5, 0.6) is 0 Å². The highest BCUT2D eigenvalue weighted by molar-refractivity contribution is 5.87. The Morgan fingerprint density at radius 3 is 2.85 bits per heavy atom. The zero-order chi connectivity index (χ0) is 9.10. The van der Waals surface area contributed by atoms with E-state index in [9.17, 15) is 0 Å². The van der Waals surface area contributed by atoms with Gasteiger partial charge in [0.15, 0.2) is 0 Å². The first kappa shape index (κ1) is 9.00. The Kier molecular flexibility index (Phi) is 2.83. The van der Waals surface area contributed by atoms with Crippen LogP contribution < -0.4 is 5.73 Å². The first-order valence-corrected chi connectivity index (χ1v) is 5.33. The van der Waals surface area contributed by atoms with Gasteiger partial charge in [-0.25, -0.2) is 0 Å². The maximum atomic E-state index is 5.48. The molecular weight excluding hydrogens is 164 g/mol. The molecule has 0 saturated heterocycles. The number of rotatable bonds is 3. The van der Waals surface area contributed by atoms with E-state index in [1.165, 1.54) is 31.4 Å². The van der Waals surface area contributed by atoms with Crippen LogP contribution in [-0.2, 0) is 4.84 Å². The van der Waals surface area contributed by atoms with E-state index in [0.29, 0.717) is 6.54 Å². The highest BCUT2D eigenvalue weighted by Gasteiger charge is 2.28. The van der Waals surface area contributed by atoms with Gasteiger partial charge >= 0.3 is 0 Å². The first-order chi connectivity index (χ1) is 6.40. The van der Waals surface area contributed by atoms with Gasteiger partial charge in [-0.1, -0.05) is 18.0 Å². The van der Waals surface area contributed by atoms with Crippen LogP contribution in [0.4, 0.5) is 0 Å². The number of hydrogen-bond donors (Lipinski definition) is 1. The number of oxime groups is 1. The molecule has 2 N–H and O–H groups in total. The van der Waals surface area contributed by atoms with Crippen molar-refractivity contribution < 1.29 is 4.84 Å². The van der Waals surface area contributed by atoms with Crippen LogP contribution in [0.25, 0.3) is 0 Å². The molecule has 0 aromatic carbocycles. The Bertz CT molecular complexity index is 197. The predicted molar refractivity (Wildman–Crippen MR) is 52.6 cm³/mol. The molecule has 0 radical (unpaired) electrons. The standard InChI is InChI=1S/C10H18N2O/c11-6-5-9-7-10(12-13-9)8-3-1-2-4-8/h8-9H,1-7,11H2.